The van der Waals surface area contributed by atoms with Crippen LogP contribution in [-0.4, -0.2) is 37.3 Å². The molecule has 0 aliphatic rings. The molecule has 0 radical (unpaired) electrons. The molecule has 1 unspecified atom stereocenters. The Morgan fingerprint density at radius 3 is 2.41 bits per heavy atom. The van der Waals surface area contributed by atoms with Gasteiger partial charge in [-0.3, -0.25) is 0 Å². The second kappa shape index (κ2) is 12.6. The number of rotatable bonds is 11. The number of carbonyl (C=O) groups is 1. The average Bonchev–Trinajstić information content (AvgIpc) is 3.28. The first-order valence-corrected chi connectivity index (χ1v) is 10.7. The summed E-state index contributed by atoms with van der Waals surface area (Å²) in [5.41, 5.74) is 3.31. The van der Waals surface area contributed by atoms with Crippen LogP contribution in [-0.2, 0) is 22.6 Å². The molecule has 0 bridgehead atoms. The van der Waals surface area contributed by atoms with Gasteiger partial charge in [0.1, 0.15) is 24.0 Å². The van der Waals surface area contributed by atoms with Crippen LogP contribution >= 0.6 is 0 Å². The van der Waals surface area contributed by atoms with Gasteiger partial charge < -0.3 is 28.7 Å². The number of aromatic nitrogens is 1. The molecule has 0 amide bonds. The zero-order valence-corrected chi connectivity index (χ0v) is 21.3. The summed E-state index contributed by atoms with van der Waals surface area (Å²) in [6.45, 7) is 1.25. The Morgan fingerprint density at radius 1 is 1.00 bits per heavy atom. The zero-order chi connectivity index (χ0) is 23.0. The third kappa shape index (κ3) is 7.08. The number of fused-ring (bicyclic) bond motifs is 1. The van der Waals surface area contributed by atoms with E-state index in [2.05, 4.69) is 4.98 Å². The quantitative estimate of drug-likeness (QED) is 0.291. The van der Waals surface area contributed by atoms with Crippen LogP contribution in [0, 0.1) is 0 Å². The summed E-state index contributed by atoms with van der Waals surface area (Å²) in [6.07, 6.45) is -0.808. The van der Waals surface area contributed by atoms with Crippen LogP contribution in [0.3, 0.4) is 0 Å². The number of hydrogen-bond donors (Lipinski definition) is 0. The number of ether oxygens (including phenoxy) is 2. The Bertz CT molecular complexity index is 1150. The van der Waals surface area contributed by atoms with Crippen LogP contribution in [0.4, 0.5) is 6.01 Å². The van der Waals surface area contributed by atoms with Gasteiger partial charge in [0.2, 0.25) is 0 Å². The molecule has 1 aromatic heterocycles. The molecule has 0 N–H and O–H groups in total. The maximum atomic E-state index is 11.5. The van der Waals surface area contributed by atoms with Gasteiger partial charge in [0.15, 0.2) is 5.58 Å². The normalized spacial score (nSPS) is 11.6. The third-order valence-corrected chi connectivity index (χ3v) is 5.21. The minimum absolute atomic E-state index is 0. The number of nitrogens with zero attached hydrogens (tertiary/aromatic N) is 2. The van der Waals surface area contributed by atoms with E-state index in [1.807, 2.05) is 90.8 Å². The largest absolute Gasteiger partial charge is 1.00 e. The molecule has 34 heavy (non-hydrogen) atoms. The zero-order valence-electron chi connectivity index (χ0n) is 19.3. The van der Waals surface area contributed by atoms with E-state index in [1.165, 1.54) is 0 Å². The van der Waals surface area contributed by atoms with Crippen molar-refractivity contribution in [1.82, 2.24) is 4.98 Å². The molecular formula is C26H25N2NaO5. The van der Waals surface area contributed by atoms with Crippen molar-refractivity contribution in [2.45, 2.75) is 19.1 Å². The molecular weight excluding hydrogens is 443 g/mol. The van der Waals surface area contributed by atoms with E-state index in [-0.39, 0.29) is 42.6 Å². The van der Waals surface area contributed by atoms with E-state index in [1.54, 1.807) is 0 Å². The van der Waals surface area contributed by atoms with Crippen LogP contribution in [0.2, 0.25) is 0 Å². The Hall–Kier alpha value is -2.84. The Kier molecular flexibility index (Phi) is 9.53. The second-order valence-electron chi connectivity index (χ2n) is 7.69. The van der Waals surface area contributed by atoms with Crippen molar-refractivity contribution in [3.63, 3.8) is 0 Å². The maximum Gasteiger partial charge on any atom is 1.00 e. The minimum Gasteiger partial charge on any atom is -0.547 e. The summed E-state index contributed by atoms with van der Waals surface area (Å²) < 4.78 is 17.1. The number of likely N-dealkylation sites (N-methyl/N-ethyl adjacent to an activating group) is 1. The summed E-state index contributed by atoms with van der Waals surface area (Å²) in [4.78, 5) is 17.8. The fourth-order valence-corrected chi connectivity index (χ4v) is 3.34. The Balaban J connectivity index is 0.00000324. The molecule has 0 fully saturated rings. The van der Waals surface area contributed by atoms with Gasteiger partial charge in [-0.05, 0) is 35.4 Å². The van der Waals surface area contributed by atoms with Crippen molar-refractivity contribution in [2.75, 3.05) is 25.1 Å². The first-order chi connectivity index (χ1) is 16.1. The van der Waals surface area contributed by atoms with Crippen molar-refractivity contribution in [1.29, 1.82) is 0 Å². The number of carboxylic acids is 1. The van der Waals surface area contributed by atoms with E-state index in [0.717, 1.165) is 22.2 Å². The van der Waals surface area contributed by atoms with Gasteiger partial charge in [0, 0.05) is 13.5 Å². The summed E-state index contributed by atoms with van der Waals surface area (Å²) in [7, 11) is 1.90. The molecule has 0 aliphatic heterocycles. The summed E-state index contributed by atoms with van der Waals surface area (Å²) >= 11 is 0. The van der Waals surface area contributed by atoms with E-state index in [0.29, 0.717) is 24.9 Å². The second-order valence-corrected chi connectivity index (χ2v) is 7.69. The van der Waals surface area contributed by atoms with E-state index >= 15 is 0 Å². The van der Waals surface area contributed by atoms with Gasteiger partial charge in [0.05, 0.1) is 19.1 Å². The topological polar surface area (TPSA) is 87.9 Å². The van der Waals surface area contributed by atoms with Gasteiger partial charge in [-0.15, -0.1) is 0 Å². The molecule has 3 aromatic carbocycles. The van der Waals surface area contributed by atoms with Crippen molar-refractivity contribution in [3.8, 4) is 5.75 Å². The van der Waals surface area contributed by atoms with Crippen molar-refractivity contribution >= 4 is 23.1 Å². The van der Waals surface area contributed by atoms with E-state index < -0.39 is 12.1 Å². The molecule has 4 aromatic rings. The molecule has 8 heteroatoms. The molecule has 0 spiro atoms. The fourth-order valence-electron chi connectivity index (χ4n) is 3.34. The Labute approximate surface area is 220 Å². The molecule has 0 aliphatic carbocycles. The summed E-state index contributed by atoms with van der Waals surface area (Å²) in [6, 6.07) is 24.9. The number of aliphatic carboxylic acids is 1. The third-order valence-electron chi connectivity index (χ3n) is 5.21. The van der Waals surface area contributed by atoms with Gasteiger partial charge in [-0.1, -0.05) is 54.6 Å². The van der Waals surface area contributed by atoms with E-state index in [9.17, 15) is 9.90 Å². The number of carbonyl (C=O) groups excluding carboxylic acids is 1. The van der Waals surface area contributed by atoms with Crippen LogP contribution in [0.25, 0.3) is 11.1 Å². The Morgan fingerprint density at radius 2 is 1.71 bits per heavy atom. The maximum absolute atomic E-state index is 11.5. The smallest absolute Gasteiger partial charge is 0.547 e. The fraction of sp³-hybridized carbons (Fsp3) is 0.231. The van der Waals surface area contributed by atoms with Crippen molar-refractivity contribution < 1.29 is 53.3 Å². The van der Waals surface area contributed by atoms with Crippen LogP contribution < -0.4 is 44.3 Å². The number of anilines is 1. The number of para-hydroxylation sites is 2. The number of benzene rings is 3. The molecule has 1 atom stereocenters. The van der Waals surface area contributed by atoms with Crippen LogP contribution in [0.1, 0.15) is 11.1 Å². The van der Waals surface area contributed by atoms with Gasteiger partial charge in [-0.25, -0.2) is 0 Å². The number of hydrogen-bond acceptors (Lipinski definition) is 7. The van der Waals surface area contributed by atoms with Gasteiger partial charge in [-0.2, -0.15) is 4.98 Å². The molecule has 0 saturated carbocycles. The standard InChI is InChI=1S/C26H26N2O5.Na/c1-28(26-27-22-9-5-6-10-23(22)33-26)15-16-31-21-13-11-19(12-14-21)17-24(25(29)30)32-18-20-7-3-2-4-8-20;/h2-14,24H,15-18H2,1H3,(H,29,30);/q;+1/p-1. The predicted molar refractivity (Wildman–Crippen MR) is 123 cm³/mol. The first-order valence-electron chi connectivity index (χ1n) is 10.7. The van der Waals surface area contributed by atoms with Crippen molar-refractivity contribution in [2.24, 2.45) is 0 Å². The van der Waals surface area contributed by atoms with Gasteiger partial charge in [0.25, 0.3) is 6.01 Å². The van der Waals surface area contributed by atoms with Crippen LogP contribution in [0.5, 0.6) is 5.75 Å². The molecule has 7 nitrogen and oxygen atoms in total. The van der Waals surface area contributed by atoms with Crippen LogP contribution in [0.15, 0.2) is 83.3 Å². The monoisotopic (exact) mass is 468 g/mol. The minimum atomic E-state index is -1.23. The van der Waals surface area contributed by atoms with E-state index in [4.69, 9.17) is 13.9 Å². The summed E-state index contributed by atoms with van der Waals surface area (Å²) in [5, 5.41) is 11.5. The summed E-state index contributed by atoms with van der Waals surface area (Å²) in [5.74, 6) is -0.534. The SMILES string of the molecule is CN(CCOc1ccc(CC(OCc2ccccc2)C(=O)[O-])cc1)c1nc2ccccc2o1.[Na+]. The van der Waals surface area contributed by atoms with Crippen molar-refractivity contribution in [3.05, 3.63) is 90.0 Å². The first kappa shape index (κ1) is 25.8. The average molecular weight is 468 g/mol. The van der Waals surface area contributed by atoms with Gasteiger partial charge >= 0.3 is 29.6 Å². The molecule has 1 heterocycles. The predicted octanol–water partition coefficient (Wildman–Crippen LogP) is 0.225. The molecule has 170 valence electrons. The molecule has 0 saturated heterocycles. The number of carboxylic acid groups (broad SMARTS) is 1. The molecule has 4 rings (SSSR count). The number of oxazole rings is 1.